The zero-order valence-electron chi connectivity index (χ0n) is 11.4. The SMILES string of the molecule is CC(c1cc(F)ccc1F)N(C)S(=O)(=O)c1cc(N)cs1. The van der Waals surface area contributed by atoms with Gasteiger partial charge in [-0.3, -0.25) is 0 Å². The summed E-state index contributed by atoms with van der Waals surface area (Å²) >= 11 is 0.982. The molecule has 0 radical (unpaired) electrons. The molecule has 0 aliphatic heterocycles. The summed E-state index contributed by atoms with van der Waals surface area (Å²) in [6.07, 6.45) is 0. The highest BCUT2D eigenvalue weighted by molar-refractivity contribution is 7.91. The molecule has 0 fully saturated rings. The number of nitrogens with two attached hydrogens (primary N) is 1. The number of benzene rings is 1. The van der Waals surface area contributed by atoms with Crippen LogP contribution < -0.4 is 5.73 Å². The number of anilines is 1. The molecule has 0 aliphatic rings. The molecule has 8 heteroatoms. The lowest BCUT2D eigenvalue weighted by molar-refractivity contribution is 0.387. The maximum absolute atomic E-state index is 13.8. The van der Waals surface area contributed by atoms with Crippen LogP contribution in [0.25, 0.3) is 0 Å². The van der Waals surface area contributed by atoms with Crippen molar-refractivity contribution in [2.24, 2.45) is 0 Å². The Hall–Kier alpha value is -1.51. The third kappa shape index (κ3) is 3.07. The largest absolute Gasteiger partial charge is 0.398 e. The van der Waals surface area contributed by atoms with Crippen LogP contribution in [-0.2, 0) is 10.0 Å². The van der Waals surface area contributed by atoms with Crippen LogP contribution in [0.5, 0.6) is 0 Å². The normalized spacial score (nSPS) is 13.6. The van der Waals surface area contributed by atoms with Gasteiger partial charge in [-0.25, -0.2) is 17.2 Å². The van der Waals surface area contributed by atoms with E-state index in [0.29, 0.717) is 5.69 Å². The third-order valence-electron chi connectivity index (χ3n) is 3.18. The molecule has 1 atom stereocenters. The third-order valence-corrected chi connectivity index (χ3v) is 6.54. The molecule has 21 heavy (non-hydrogen) atoms. The fraction of sp³-hybridized carbons (Fsp3) is 0.231. The van der Waals surface area contributed by atoms with Crippen LogP contribution in [0, 0.1) is 11.6 Å². The Morgan fingerprint density at radius 2 is 1.95 bits per heavy atom. The second-order valence-electron chi connectivity index (χ2n) is 4.56. The molecule has 0 saturated heterocycles. The first kappa shape index (κ1) is 15.9. The van der Waals surface area contributed by atoms with Crippen LogP contribution in [0.4, 0.5) is 14.5 Å². The molecular formula is C13H14F2N2O2S2. The van der Waals surface area contributed by atoms with Crippen molar-refractivity contribution >= 4 is 27.0 Å². The van der Waals surface area contributed by atoms with Gasteiger partial charge in [-0.2, -0.15) is 4.31 Å². The van der Waals surface area contributed by atoms with Gasteiger partial charge in [-0.05, 0) is 31.2 Å². The summed E-state index contributed by atoms with van der Waals surface area (Å²) < 4.78 is 52.9. The van der Waals surface area contributed by atoms with E-state index in [0.717, 1.165) is 33.8 Å². The Morgan fingerprint density at radius 3 is 2.52 bits per heavy atom. The highest BCUT2D eigenvalue weighted by atomic mass is 32.2. The number of hydrogen-bond acceptors (Lipinski definition) is 4. The molecule has 2 rings (SSSR count). The molecule has 4 nitrogen and oxygen atoms in total. The maximum Gasteiger partial charge on any atom is 0.252 e. The van der Waals surface area contributed by atoms with Gasteiger partial charge in [-0.15, -0.1) is 11.3 Å². The number of halogens is 2. The zero-order valence-corrected chi connectivity index (χ0v) is 13.0. The van der Waals surface area contributed by atoms with Gasteiger partial charge < -0.3 is 5.73 Å². The molecule has 2 aromatic rings. The summed E-state index contributed by atoms with van der Waals surface area (Å²) in [7, 11) is -2.49. The predicted octanol–water partition coefficient (Wildman–Crippen LogP) is 2.99. The van der Waals surface area contributed by atoms with Crippen molar-refractivity contribution < 1.29 is 17.2 Å². The number of nitrogen functional groups attached to an aromatic ring is 1. The van der Waals surface area contributed by atoms with E-state index in [9.17, 15) is 17.2 Å². The summed E-state index contributed by atoms with van der Waals surface area (Å²) in [5.41, 5.74) is 5.85. The van der Waals surface area contributed by atoms with Crippen molar-refractivity contribution in [3.63, 3.8) is 0 Å². The molecule has 1 aromatic carbocycles. The fourth-order valence-electron chi connectivity index (χ4n) is 1.85. The molecule has 114 valence electrons. The summed E-state index contributed by atoms with van der Waals surface area (Å²) in [6.45, 7) is 1.49. The second-order valence-corrected chi connectivity index (χ2v) is 7.70. The van der Waals surface area contributed by atoms with Crippen molar-refractivity contribution in [1.29, 1.82) is 0 Å². The van der Waals surface area contributed by atoms with Gasteiger partial charge in [0.15, 0.2) is 0 Å². The standard InChI is InChI=1S/C13H14F2N2O2S2/c1-8(11-5-9(14)3-4-12(11)15)17(2)21(18,19)13-6-10(16)7-20-13/h3-8H,16H2,1-2H3. The predicted molar refractivity (Wildman–Crippen MR) is 78.5 cm³/mol. The molecule has 0 spiro atoms. The highest BCUT2D eigenvalue weighted by Gasteiger charge is 2.29. The first-order valence-corrected chi connectivity index (χ1v) is 8.32. The lowest BCUT2D eigenvalue weighted by Gasteiger charge is -2.24. The minimum absolute atomic E-state index is 0.0226. The lowest BCUT2D eigenvalue weighted by atomic mass is 10.1. The molecule has 0 amide bonds. The first-order chi connectivity index (χ1) is 9.73. The van der Waals surface area contributed by atoms with E-state index in [2.05, 4.69) is 0 Å². The van der Waals surface area contributed by atoms with E-state index in [-0.39, 0.29) is 9.77 Å². The molecule has 1 heterocycles. The van der Waals surface area contributed by atoms with Crippen molar-refractivity contribution in [1.82, 2.24) is 4.31 Å². The second kappa shape index (κ2) is 5.70. The maximum atomic E-state index is 13.8. The van der Waals surface area contributed by atoms with E-state index < -0.39 is 27.7 Å². The number of sulfonamides is 1. The minimum Gasteiger partial charge on any atom is -0.398 e. The van der Waals surface area contributed by atoms with Gasteiger partial charge in [0, 0.05) is 29.7 Å². The van der Waals surface area contributed by atoms with Crippen molar-refractivity contribution in [2.75, 3.05) is 12.8 Å². The quantitative estimate of drug-likeness (QED) is 0.936. The van der Waals surface area contributed by atoms with Crippen LogP contribution in [0.2, 0.25) is 0 Å². The van der Waals surface area contributed by atoms with Crippen LogP contribution in [-0.4, -0.2) is 19.8 Å². The minimum atomic E-state index is -3.81. The van der Waals surface area contributed by atoms with Gasteiger partial charge in [0.25, 0.3) is 10.0 Å². The number of hydrogen-bond donors (Lipinski definition) is 1. The summed E-state index contributed by atoms with van der Waals surface area (Å²) in [5.74, 6) is -1.28. The average molecular weight is 332 g/mol. The zero-order chi connectivity index (χ0) is 15.8. The smallest absolute Gasteiger partial charge is 0.252 e. The van der Waals surface area contributed by atoms with E-state index in [1.165, 1.54) is 25.4 Å². The van der Waals surface area contributed by atoms with Crippen LogP contribution in [0.3, 0.4) is 0 Å². The molecule has 1 aromatic heterocycles. The Balaban J connectivity index is 2.39. The Labute approximate surface area is 125 Å². The first-order valence-electron chi connectivity index (χ1n) is 6.00. The average Bonchev–Trinajstić information content (AvgIpc) is 2.87. The number of rotatable bonds is 4. The molecule has 0 bridgehead atoms. The topological polar surface area (TPSA) is 63.4 Å². The molecule has 1 unspecified atom stereocenters. The Morgan fingerprint density at radius 1 is 1.29 bits per heavy atom. The van der Waals surface area contributed by atoms with Gasteiger partial charge in [-0.1, -0.05) is 0 Å². The van der Waals surface area contributed by atoms with Gasteiger partial charge in [0.2, 0.25) is 0 Å². The summed E-state index contributed by atoms with van der Waals surface area (Å²) in [4.78, 5) is 0. The monoisotopic (exact) mass is 332 g/mol. The number of nitrogens with zero attached hydrogens (tertiary/aromatic N) is 1. The molecular weight excluding hydrogens is 318 g/mol. The van der Waals surface area contributed by atoms with Crippen molar-refractivity contribution in [3.8, 4) is 0 Å². The van der Waals surface area contributed by atoms with Crippen LogP contribution >= 0.6 is 11.3 Å². The van der Waals surface area contributed by atoms with Gasteiger partial charge >= 0.3 is 0 Å². The van der Waals surface area contributed by atoms with Gasteiger partial charge in [0.1, 0.15) is 15.8 Å². The Bertz CT molecular complexity index is 759. The van der Waals surface area contributed by atoms with E-state index >= 15 is 0 Å². The van der Waals surface area contributed by atoms with Gasteiger partial charge in [0.05, 0.1) is 0 Å². The molecule has 2 N–H and O–H groups in total. The summed E-state index contributed by atoms with van der Waals surface area (Å²) in [5, 5.41) is 1.51. The van der Waals surface area contributed by atoms with Crippen LogP contribution in [0.1, 0.15) is 18.5 Å². The van der Waals surface area contributed by atoms with E-state index in [1.54, 1.807) is 0 Å². The van der Waals surface area contributed by atoms with Crippen molar-refractivity contribution in [3.05, 3.63) is 46.8 Å². The van der Waals surface area contributed by atoms with E-state index in [4.69, 9.17) is 5.73 Å². The van der Waals surface area contributed by atoms with Crippen molar-refractivity contribution in [2.45, 2.75) is 17.2 Å². The Kier molecular flexibility index (Phi) is 4.31. The fourth-order valence-corrected chi connectivity index (χ4v) is 4.45. The lowest BCUT2D eigenvalue weighted by Crippen LogP contribution is -2.29. The number of thiophene rings is 1. The summed E-state index contributed by atoms with van der Waals surface area (Å²) in [6, 6.07) is 3.44. The molecule has 0 aliphatic carbocycles. The molecule has 0 saturated carbocycles. The van der Waals surface area contributed by atoms with Crippen LogP contribution in [0.15, 0.2) is 33.9 Å². The highest BCUT2D eigenvalue weighted by Crippen LogP contribution is 2.31. The van der Waals surface area contributed by atoms with E-state index in [1.807, 2.05) is 0 Å².